The summed E-state index contributed by atoms with van der Waals surface area (Å²) in [7, 11) is 1.54. The number of carbonyl (C=O) groups excluding carboxylic acids is 1. The van der Waals surface area contributed by atoms with E-state index in [1.54, 1.807) is 31.3 Å². The highest BCUT2D eigenvalue weighted by molar-refractivity contribution is 6.04. The fraction of sp³-hybridized carbons (Fsp3) is 0.318. The monoisotopic (exact) mass is 379 g/mol. The molecule has 0 bridgehead atoms. The van der Waals surface area contributed by atoms with Crippen molar-refractivity contribution in [3.05, 3.63) is 76.0 Å². The Labute approximate surface area is 162 Å². The summed E-state index contributed by atoms with van der Waals surface area (Å²) in [5.74, 6) is -0.568. The van der Waals surface area contributed by atoms with E-state index in [4.69, 9.17) is 0 Å². The van der Waals surface area contributed by atoms with Crippen molar-refractivity contribution in [2.24, 2.45) is 7.05 Å². The van der Waals surface area contributed by atoms with Crippen LogP contribution in [0.3, 0.4) is 0 Å². The van der Waals surface area contributed by atoms with Crippen LogP contribution in [0.2, 0.25) is 0 Å². The van der Waals surface area contributed by atoms with Crippen LogP contribution in [0.5, 0.6) is 0 Å². The van der Waals surface area contributed by atoms with E-state index in [0.717, 1.165) is 31.2 Å². The zero-order valence-electron chi connectivity index (χ0n) is 15.7. The van der Waals surface area contributed by atoms with E-state index in [2.05, 4.69) is 10.4 Å². The molecule has 1 N–H and O–H groups in total. The zero-order chi connectivity index (χ0) is 19.7. The van der Waals surface area contributed by atoms with Crippen LogP contribution in [0.1, 0.15) is 41.7 Å². The van der Waals surface area contributed by atoms with Gasteiger partial charge in [0.15, 0.2) is 5.69 Å². The molecule has 1 aliphatic carbocycles. The maximum absolute atomic E-state index is 13.3. The van der Waals surface area contributed by atoms with E-state index in [1.165, 1.54) is 16.8 Å². The molecule has 1 fully saturated rings. The summed E-state index contributed by atoms with van der Waals surface area (Å²) in [6, 6.07) is 13.6. The second kappa shape index (κ2) is 7.19. The van der Waals surface area contributed by atoms with Gasteiger partial charge in [-0.3, -0.25) is 9.59 Å². The predicted molar refractivity (Wildman–Crippen MR) is 106 cm³/mol. The first-order valence-corrected chi connectivity index (χ1v) is 9.50. The Morgan fingerprint density at radius 1 is 1.11 bits per heavy atom. The summed E-state index contributed by atoms with van der Waals surface area (Å²) >= 11 is 0. The standard InChI is InChI=1S/C22H22FN3O2/c1-26-21(28)18-7-3-2-6-17(18)19(25-26)20(27)24-14-22(12-4-5-13-22)15-8-10-16(23)11-9-15/h2-3,6-11H,4-5,12-14H2,1H3,(H,24,27). The molecule has 0 unspecified atom stereocenters. The van der Waals surface area contributed by atoms with E-state index >= 15 is 0 Å². The molecular formula is C22H22FN3O2. The topological polar surface area (TPSA) is 64.0 Å². The van der Waals surface area contributed by atoms with Crippen molar-refractivity contribution in [1.29, 1.82) is 0 Å². The number of nitrogens with zero attached hydrogens (tertiary/aromatic N) is 2. The Morgan fingerprint density at radius 2 is 1.75 bits per heavy atom. The van der Waals surface area contributed by atoms with Crippen LogP contribution in [0.15, 0.2) is 53.3 Å². The smallest absolute Gasteiger partial charge is 0.274 e. The molecule has 0 aliphatic heterocycles. The van der Waals surface area contributed by atoms with E-state index in [9.17, 15) is 14.0 Å². The summed E-state index contributed by atoms with van der Waals surface area (Å²) in [5, 5.41) is 8.24. The average molecular weight is 379 g/mol. The minimum Gasteiger partial charge on any atom is -0.350 e. The number of nitrogens with one attached hydrogen (secondary N) is 1. The van der Waals surface area contributed by atoms with Gasteiger partial charge in [-0.1, -0.05) is 43.2 Å². The Hall–Kier alpha value is -3.02. The second-order valence-electron chi connectivity index (χ2n) is 7.50. The number of carbonyl (C=O) groups is 1. The fourth-order valence-electron chi connectivity index (χ4n) is 4.22. The molecule has 1 amide bonds. The first-order valence-electron chi connectivity index (χ1n) is 9.50. The molecule has 5 nitrogen and oxygen atoms in total. The molecule has 0 spiro atoms. The summed E-state index contributed by atoms with van der Waals surface area (Å²) in [4.78, 5) is 25.2. The van der Waals surface area contributed by atoms with Crippen molar-refractivity contribution < 1.29 is 9.18 Å². The first kappa shape index (κ1) is 18.3. The molecule has 2 aromatic carbocycles. The Morgan fingerprint density at radius 3 is 2.43 bits per heavy atom. The number of aryl methyl sites for hydroxylation is 1. The predicted octanol–water partition coefficient (Wildman–Crippen LogP) is 3.31. The van der Waals surface area contributed by atoms with Gasteiger partial charge in [0.1, 0.15) is 5.82 Å². The minimum atomic E-state index is -0.305. The summed E-state index contributed by atoms with van der Waals surface area (Å²) in [6.45, 7) is 0.455. The third kappa shape index (κ3) is 3.19. The highest BCUT2D eigenvalue weighted by Crippen LogP contribution is 2.40. The van der Waals surface area contributed by atoms with Crippen LogP contribution in [0.25, 0.3) is 10.8 Å². The van der Waals surface area contributed by atoms with Crippen LogP contribution in [0, 0.1) is 5.82 Å². The van der Waals surface area contributed by atoms with Crippen molar-refractivity contribution in [2.75, 3.05) is 6.54 Å². The van der Waals surface area contributed by atoms with Crippen molar-refractivity contribution in [3.63, 3.8) is 0 Å². The van der Waals surface area contributed by atoms with Gasteiger partial charge in [0.25, 0.3) is 11.5 Å². The number of benzene rings is 2. The van der Waals surface area contributed by atoms with E-state index < -0.39 is 0 Å². The van der Waals surface area contributed by atoms with Gasteiger partial charge >= 0.3 is 0 Å². The lowest BCUT2D eigenvalue weighted by Crippen LogP contribution is -2.40. The van der Waals surface area contributed by atoms with Crippen LogP contribution in [0.4, 0.5) is 4.39 Å². The maximum Gasteiger partial charge on any atom is 0.274 e. The summed E-state index contributed by atoms with van der Waals surface area (Å²) in [5.41, 5.74) is 0.862. The van der Waals surface area contributed by atoms with Gasteiger partial charge in [-0.25, -0.2) is 9.07 Å². The zero-order valence-corrected chi connectivity index (χ0v) is 15.7. The quantitative estimate of drug-likeness (QED) is 0.756. The maximum atomic E-state index is 13.3. The first-order chi connectivity index (χ1) is 13.5. The average Bonchev–Trinajstić information content (AvgIpc) is 3.19. The number of aromatic nitrogens is 2. The third-order valence-corrected chi connectivity index (χ3v) is 5.78. The van der Waals surface area contributed by atoms with Crippen molar-refractivity contribution in [2.45, 2.75) is 31.1 Å². The normalized spacial score (nSPS) is 15.6. The molecule has 1 heterocycles. The molecule has 3 aromatic rings. The lowest BCUT2D eigenvalue weighted by molar-refractivity contribution is 0.0938. The molecular weight excluding hydrogens is 357 g/mol. The number of fused-ring (bicyclic) bond motifs is 1. The SMILES string of the molecule is Cn1nc(C(=O)NCC2(c3ccc(F)cc3)CCCC2)c2ccccc2c1=O. The van der Waals surface area contributed by atoms with Gasteiger partial charge in [0, 0.05) is 24.4 Å². The minimum absolute atomic E-state index is 0.195. The number of hydrogen-bond acceptors (Lipinski definition) is 3. The summed E-state index contributed by atoms with van der Waals surface area (Å²) in [6.07, 6.45) is 4.04. The Balaban J connectivity index is 1.64. The van der Waals surface area contributed by atoms with Gasteiger partial charge in [-0.2, -0.15) is 5.10 Å². The van der Waals surface area contributed by atoms with E-state index in [0.29, 0.717) is 17.3 Å². The van der Waals surface area contributed by atoms with Gasteiger partial charge in [0.2, 0.25) is 0 Å². The lowest BCUT2D eigenvalue weighted by Gasteiger charge is -2.30. The number of hydrogen-bond donors (Lipinski definition) is 1. The number of amides is 1. The van der Waals surface area contributed by atoms with Crippen molar-refractivity contribution in [1.82, 2.24) is 15.1 Å². The largest absolute Gasteiger partial charge is 0.350 e. The third-order valence-electron chi connectivity index (χ3n) is 5.78. The van der Waals surface area contributed by atoms with E-state index in [-0.39, 0.29) is 28.4 Å². The molecule has 6 heteroatoms. The van der Waals surface area contributed by atoms with Gasteiger partial charge in [0.05, 0.1) is 5.39 Å². The fourth-order valence-corrected chi connectivity index (χ4v) is 4.22. The van der Waals surface area contributed by atoms with Crippen molar-refractivity contribution >= 4 is 16.7 Å². The molecule has 0 radical (unpaired) electrons. The number of halogens is 1. The Bertz CT molecular complexity index is 1080. The molecule has 0 atom stereocenters. The van der Waals surface area contributed by atoms with Crippen LogP contribution < -0.4 is 10.9 Å². The van der Waals surface area contributed by atoms with Gasteiger partial charge in [-0.05, 0) is 36.6 Å². The van der Waals surface area contributed by atoms with Crippen LogP contribution in [-0.4, -0.2) is 22.2 Å². The number of rotatable bonds is 4. The molecule has 1 saturated carbocycles. The molecule has 28 heavy (non-hydrogen) atoms. The Kier molecular flexibility index (Phi) is 4.71. The second-order valence-corrected chi connectivity index (χ2v) is 7.50. The van der Waals surface area contributed by atoms with E-state index in [1.807, 2.05) is 12.1 Å². The highest BCUT2D eigenvalue weighted by Gasteiger charge is 2.36. The van der Waals surface area contributed by atoms with Gasteiger partial charge in [-0.15, -0.1) is 0 Å². The lowest BCUT2D eigenvalue weighted by atomic mass is 9.78. The van der Waals surface area contributed by atoms with Crippen LogP contribution in [-0.2, 0) is 12.5 Å². The summed E-state index contributed by atoms with van der Waals surface area (Å²) < 4.78 is 14.5. The molecule has 1 aliphatic rings. The molecule has 1 aromatic heterocycles. The van der Waals surface area contributed by atoms with Crippen LogP contribution >= 0.6 is 0 Å². The molecule has 4 rings (SSSR count). The van der Waals surface area contributed by atoms with Crippen molar-refractivity contribution in [3.8, 4) is 0 Å². The highest BCUT2D eigenvalue weighted by atomic mass is 19.1. The molecule has 0 saturated heterocycles. The van der Waals surface area contributed by atoms with Gasteiger partial charge < -0.3 is 5.32 Å². The molecule has 144 valence electrons.